The number of Topliss-reactive ketones (excluding diaryl/α,β-unsaturated/α-hetero) is 1. The Hall–Kier alpha value is -1.16. The number of rotatable bonds is 4. The lowest BCUT2D eigenvalue weighted by Gasteiger charge is -2.20. The zero-order chi connectivity index (χ0) is 12.6. The van der Waals surface area contributed by atoms with Crippen molar-refractivity contribution in [2.45, 2.75) is 44.6 Å². The van der Waals surface area contributed by atoms with Gasteiger partial charge >= 0.3 is 5.97 Å². The van der Waals surface area contributed by atoms with Crippen LogP contribution in [0.2, 0.25) is 0 Å². The quantitative estimate of drug-likeness (QED) is 0.331. The Bertz CT molecular complexity index is 395. The number of ketones is 1. The first-order valence-corrected chi connectivity index (χ1v) is 6.75. The third kappa shape index (κ3) is 1.79. The minimum Gasteiger partial charge on any atom is -0.437 e. The molecule has 0 saturated heterocycles. The van der Waals surface area contributed by atoms with Crippen LogP contribution in [0.3, 0.4) is 0 Å². The number of esters is 1. The van der Waals surface area contributed by atoms with E-state index in [2.05, 4.69) is 0 Å². The average Bonchev–Trinajstić information content (AvgIpc) is 3.07. The monoisotopic (exact) mass is 250 g/mol. The molecule has 3 aliphatic carbocycles. The van der Waals surface area contributed by atoms with Crippen molar-refractivity contribution < 1.29 is 19.1 Å². The molecule has 0 spiro atoms. The molecule has 3 rings (SSSR count). The smallest absolute Gasteiger partial charge is 0.325 e. The highest BCUT2D eigenvalue weighted by atomic mass is 16.7. The second-order valence-corrected chi connectivity index (χ2v) is 5.46. The number of carbonyl (C=O) groups is 2. The van der Waals surface area contributed by atoms with Gasteiger partial charge in [-0.15, -0.1) is 0 Å². The van der Waals surface area contributed by atoms with Crippen LogP contribution in [0, 0.1) is 11.3 Å². The standard InChI is InChI=1S/C14H18O4/c15-12-10-5-7-14(12,8-6-10)13(16)18-9-17-11-3-1-2-4-11/h5,7,10-11H,1-4,6,8-9H2. The molecule has 0 aliphatic heterocycles. The fourth-order valence-corrected chi connectivity index (χ4v) is 3.24. The van der Waals surface area contributed by atoms with E-state index in [1.807, 2.05) is 6.08 Å². The van der Waals surface area contributed by atoms with Crippen molar-refractivity contribution in [3.63, 3.8) is 0 Å². The Labute approximate surface area is 106 Å². The Morgan fingerprint density at radius 1 is 1.33 bits per heavy atom. The van der Waals surface area contributed by atoms with Gasteiger partial charge in [0.1, 0.15) is 5.41 Å². The highest BCUT2D eigenvalue weighted by molar-refractivity contribution is 6.11. The molecular formula is C14H18O4. The summed E-state index contributed by atoms with van der Waals surface area (Å²) in [6, 6.07) is 0. The molecule has 18 heavy (non-hydrogen) atoms. The van der Waals surface area contributed by atoms with Crippen LogP contribution in [0.4, 0.5) is 0 Å². The van der Waals surface area contributed by atoms with Crippen LogP contribution in [-0.2, 0) is 19.1 Å². The second kappa shape index (κ2) is 4.50. The molecule has 0 N–H and O–H groups in total. The number of ether oxygens (including phenoxy) is 2. The number of allylic oxidation sites excluding steroid dienone is 1. The highest BCUT2D eigenvalue weighted by Gasteiger charge is 2.55. The summed E-state index contributed by atoms with van der Waals surface area (Å²) in [4.78, 5) is 24.0. The second-order valence-electron chi connectivity index (χ2n) is 5.46. The molecule has 4 heteroatoms. The molecule has 2 saturated carbocycles. The molecule has 4 nitrogen and oxygen atoms in total. The van der Waals surface area contributed by atoms with E-state index < -0.39 is 11.4 Å². The Morgan fingerprint density at radius 3 is 2.67 bits per heavy atom. The summed E-state index contributed by atoms with van der Waals surface area (Å²) in [6.07, 6.45) is 9.61. The predicted octanol–water partition coefficient (Wildman–Crippen LogP) is 1.98. The van der Waals surface area contributed by atoms with Gasteiger partial charge in [-0.2, -0.15) is 0 Å². The van der Waals surface area contributed by atoms with Crippen LogP contribution in [0.15, 0.2) is 12.2 Å². The van der Waals surface area contributed by atoms with Gasteiger partial charge in [0.05, 0.1) is 6.10 Å². The molecule has 2 unspecified atom stereocenters. The van der Waals surface area contributed by atoms with Crippen molar-refractivity contribution >= 4 is 11.8 Å². The van der Waals surface area contributed by atoms with Crippen molar-refractivity contribution in [1.82, 2.24) is 0 Å². The van der Waals surface area contributed by atoms with E-state index in [9.17, 15) is 9.59 Å². The molecule has 0 amide bonds. The molecule has 0 aromatic carbocycles. The van der Waals surface area contributed by atoms with Crippen molar-refractivity contribution in [3.05, 3.63) is 12.2 Å². The van der Waals surface area contributed by atoms with Gasteiger partial charge in [0.2, 0.25) is 0 Å². The molecule has 0 radical (unpaired) electrons. The van der Waals surface area contributed by atoms with Gasteiger partial charge in [0.25, 0.3) is 0 Å². The van der Waals surface area contributed by atoms with Gasteiger partial charge in [-0.1, -0.05) is 25.0 Å². The first-order chi connectivity index (χ1) is 8.72. The van der Waals surface area contributed by atoms with E-state index >= 15 is 0 Å². The van der Waals surface area contributed by atoms with Crippen molar-refractivity contribution in [2.75, 3.05) is 6.79 Å². The molecule has 2 fully saturated rings. The van der Waals surface area contributed by atoms with E-state index in [0.717, 1.165) is 19.3 Å². The van der Waals surface area contributed by atoms with Crippen LogP contribution in [0.1, 0.15) is 38.5 Å². The van der Waals surface area contributed by atoms with E-state index in [1.54, 1.807) is 6.08 Å². The summed E-state index contributed by atoms with van der Waals surface area (Å²) in [5.41, 5.74) is -0.982. The van der Waals surface area contributed by atoms with Gasteiger partial charge in [-0.25, -0.2) is 0 Å². The highest BCUT2D eigenvalue weighted by Crippen LogP contribution is 2.46. The average molecular weight is 250 g/mol. The van der Waals surface area contributed by atoms with Crippen molar-refractivity contribution in [1.29, 1.82) is 0 Å². The Morgan fingerprint density at radius 2 is 2.11 bits per heavy atom. The summed E-state index contributed by atoms with van der Waals surface area (Å²) in [7, 11) is 0. The lowest BCUT2D eigenvalue weighted by Crippen LogP contribution is -2.34. The topological polar surface area (TPSA) is 52.6 Å². The van der Waals surface area contributed by atoms with Crippen molar-refractivity contribution in [2.24, 2.45) is 11.3 Å². The molecular weight excluding hydrogens is 232 g/mol. The molecule has 0 aromatic heterocycles. The summed E-state index contributed by atoms with van der Waals surface area (Å²) in [6.45, 7) is -0.0168. The number of carbonyl (C=O) groups excluding carboxylic acids is 2. The van der Waals surface area contributed by atoms with Gasteiger partial charge in [-0.3, -0.25) is 9.59 Å². The molecule has 98 valence electrons. The first kappa shape index (κ1) is 11.9. The van der Waals surface area contributed by atoms with Crippen LogP contribution >= 0.6 is 0 Å². The number of fused-ring (bicyclic) bond motifs is 2. The fraction of sp³-hybridized carbons (Fsp3) is 0.714. The van der Waals surface area contributed by atoms with Crippen molar-refractivity contribution in [3.8, 4) is 0 Å². The lowest BCUT2D eigenvalue weighted by molar-refractivity contribution is -0.170. The molecule has 0 aromatic rings. The predicted molar refractivity (Wildman–Crippen MR) is 63.6 cm³/mol. The molecule has 2 atom stereocenters. The zero-order valence-electron chi connectivity index (χ0n) is 10.4. The summed E-state index contributed by atoms with van der Waals surface area (Å²) < 4.78 is 10.6. The van der Waals surface area contributed by atoms with Gasteiger partial charge < -0.3 is 9.47 Å². The maximum atomic E-state index is 12.0. The van der Waals surface area contributed by atoms with Gasteiger partial charge in [0, 0.05) is 5.92 Å². The van der Waals surface area contributed by atoms with Crippen LogP contribution in [-0.4, -0.2) is 24.6 Å². The SMILES string of the molecule is O=C(OCOC1CCCC1)C12C=CC(CC1)C2=O. The number of hydrogen-bond acceptors (Lipinski definition) is 4. The molecule has 2 bridgehead atoms. The van der Waals surface area contributed by atoms with Crippen LogP contribution in [0.5, 0.6) is 0 Å². The van der Waals surface area contributed by atoms with E-state index in [0.29, 0.717) is 6.42 Å². The first-order valence-electron chi connectivity index (χ1n) is 6.75. The minimum absolute atomic E-state index is 0.00775. The third-order valence-corrected chi connectivity index (χ3v) is 4.40. The lowest BCUT2D eigenvalue weighted by atomic mass is 9.87. The summed E-state index contributed by atoms with van der Waals surface area (Å²) >= 11 is 0. The fourth-order valence-electron chi connectivity index (χ4n) is 3.24. The summed E-state index contributed by atoms with van der Waals surface area (Å²) in [5, 5.41) is 0. The third-order valence-electron chi connectivity index (χ3n) is 4.40. The Kier molecular flexibility index (Phi) is 2.98. The normalized spacial score (nSPS) is 34.4. The zero-order valence-corrected chi connectivity index (χ0v) is 10.4. The Balaban J connectivity index is 1.52. The van der Waals surface area contributed by atoms with Gasteiger partial charge in [0.15, 0.2) is 12.6 Å². The number of hydrogen-bond donors (Lipinski definition) is 0. The maximum absolute atomic E-state index is 12.0. The van der Waals surface area contributed by atoms with E-state index in [4.69, 9.17) is 9.47 Å². The summed E-state index contributed by atoms with van der Waals surface area (Å²) in [5.74, 6) is -0.483. The molecule has 3 aliphatic rings. The largest absolute Gasteiger partial charge is 0.437 e. The van der Waals surface area contributed by atoms with Gasteiger partial charge in [-0.05, 0) is 25.7 Å². The molecule has 0 heterocycles. The minimum atomic E-state index is -0.982. The van der Waals surface area contributed by atoms with E-state index in [-0.39, 0.29) is 24.6 Å². The van der Waals surface area contributed by atoms with E-state index in [1.165, 1.54) is 12.8 Å². The van der Waals surface area contributed by atoms with Crippen LogP contribution in [0.25, 0.3) is 0 Å². The van der Waals surface area contributed by atoms with Crippen LogP contribution < -0.4 is 0 Å². The maximum Gasteiger partial charge on any atom is 0.325 e.